The number of nitrogens with one attached hydrogen (secondary N) is 1. The average Bonchev–Trinajstić information content (AvgIpc) is 2.74. The second-order valence-electron chi connectivity index (χ2n) is 5.84. The molecule has 1 aliphatic heterocycles. The molecule has 0 aliphatic carbocycles. The van der Waals surface area contributed by atoms with Crippen molar-refractivity contribution < 1.29 is 13.2 Å². The van der Waals surface area contributed by atoms with Crippen LogP contribution < -0.4 is 15.4 Å². The first-order chi connectivity index (χ1) is 10.8. The highest BCUT2D eigenvalue weighted by Crippen LogP contribution is 2.39. The van der Waals surface area contributed by atoms with Crippen LogP contribution in [-0.4, -0.2) is 34.0 Å². The Morgan fingerprint density at radius 2 is 2.00 bits per heavy atom. The Hall–Kier alpha value is -1.96. The summed E-state index contributed by atoms with van der Waals surface area (Å²) in [6.45, 7) is 2.11. The molecule has 1 aliphatic rings. The zero-order chi connectivity index (χ0) is 16.8. The zero-order valence-electron chi connectivity index (χ0n) is 13.0. The number of rotatable bonds is 5. The average molecular weight is 333 g/mol. The molecule has 0 saturated carbocycles. The first-order valence-electron chi connectivity index (χ1n) is 7.42. The fourth-order valence-electron chi connectivity index (χ4n) is 2.84. The van der Waals surface area contributed by atoms with Crippen LogP contribution in [0.1, 0.15) is 23.7 Å². The van der Waals surface area contributed by atoms with Gasteiger partial charge in [0.15, 0.2) is 0 Å². The lowest BCUT2D eigenvalue weighted by Gasteiger charge is -2.13. The molecule has 1 heterocycles. The summed E-state index contributed by atoms with van der Waals surface area (Å²) in [5.74, 6) is -0.120. The summed E-state index contributed by atoms with van der Waals surface area (Å²) in [5, 5.41) is 1.25. The zero-order valence-corrected chi connectivity index (χ0v) is 13.9. The molecule has 0 aromatic heterocycles. The van der Waals surface area contributed by atoms with Gasteiger partial charge in [-0.05, 0) is 31.5 Å². The predicted molar refractivity (Wildman–Crippen MR) is 90.1 cm³/mol. The monoisotopic (exact) mass is 333 g/mol. The molecule has 23 heavy (non-hydrogen) atoms. The number of nitrogens with zero attached hydrogens (tertiary/aromatic N) is 1. The SMILES string of the molecule is CC(N)CCNS(=O)(=O)c1ccc2c3c(cccc13)C(=O)N2C. The smallest absolute Gasteiger partial charge is 0.258 e. The first-order valence-corrected chi connectivity index (χ1v) is 8.90. The lowest BCUT2D eigenvalue weighted by atomic mass is 10.1. The van der Waals surface area contributed by atoms with Crippen molar-refractivity contribution in [2.45, 2.75) is 24.3 Å². The van der Waals surface area contributed by atoms with E-state index in [1.54, 1.807) is 37.4 Å². The molecule has 2 aromatic rings. The molecule has 0 bridgehead atoms. The largest absolute Gasteiger partial charge is 0.328 e. The van der Waals surface area contributed by atoms with Crippen LogP contribution in [-0.2, 0) is 10.0 Å². The molecule has 0 spiro atoms. The summed E-state index contributed by atoms with van der Waals surface area (Å²) in [4.78, 5) is 14.0. The van der Waals surface area contributed by atoms with Gasteiger partial charge in [0, 0.05) is 36.0 Å². The van der Waals surface area contributed by atoms with Crippen molar-refractivity contribution in [3.8, 4) is 0 Å². The Kier molecular flexibility index (Phi) is 3.87. The third-order valence-electron chi connectivity index (χ3n) is 4.06. The van der Waals surface area contributed by atoms with E-state index in [9.17, 15) is 13.2 Å². The third kappa shape index (κ3) is 2.60. The first kappa shape index (κ1) is 15.9. The normalized spacial score (nSPS) is 15.4. The van der Waals surface area contributed by atoms with Gasteiger partial charge in [-0.1, -0.05) is 12.1 Å². The number of hydrogen-bond acceptors (Lipinski definition) is 4. The summed E-state index contributed by atoms with van der Waals surface area (Å²) >= 11 is 0. The topological polar surface area (TPSA) is 92.5 Å². The molecule has 2 aromatic carbocycles. The third-order valence-corrected chi connectivity index (χ3v) is 5.58. The van der Waals surface area contributed by atoms with E-state index in [0.29, 0.717) is 22.8 Å². The molecule has 0 radical (unpaired) electrons. The standard InChI is InChI=1S/C16H19N3O3S/c1-10(17)8-9-18-23(21,22)14-7-6-13-15-11(14)4-3-5-12(15)16(20)19(13)2/h3-7,10,18H,8-9,17H2,1-2H3. The molecule has 0 saturated heterocycles. The van der Waals surface area contributed by atoms with Gasteiger partial charge in [-0.2, -0.15) is 0 Å². The number of nitrogens with two attached hydrogens (primary N) is 1. The minimum Gasteiger partial charge on any atom is -0.328 e. The van der Waals surface area contributed by atoms with Crippen LogP contribution in [0.3, 0.4) is 0 Å². The van der Waals surface area contributed by atoms with E-state index < -0.39 is 10.0 Å². The van der Waals surface area contributed by atoms with Crippen molar-refractivity contribution >= 4 is 32.4 Å². The molecule has 7 heteroatoms. The highest BCUT2D eigenvalue weighted by Gasteiger charge is 2.29. The minimum atomic E-state index is -3.66. The Bertz CT molecular complexity index is 891. The quantitative estimate of drug-likeness (QED) is 0.866. The summed E-state index contributed by atoms with van der Waals surface area (Å²) in [6, 6.07) is 8.31. The molecule has 1 atom stereocenters. The lowest BCUT2D eigenvalue weighted by Crippen LogP contribution is -2.29. The second-order valence-corrected chi connectivity index (χ2v) is 7.57. The maximum Gasteiger partial charge on any atom is 0.258 e. The highest BCUT2D eigenvalue weighted by atomic mass is 32.2. The number of hydrogen-bond donors (Lipinski definition) is 2. The molecule has 3 rings (SSSR count). The highest BCUT2D eigenvalue weighted by molar-refractivity contribution is 7.89. The van der Waals surface area contributed by atoms with Crippen LogP contribution in [0.15, 0.2) is 35.2 Å². The molecule has 1 amide bonds. The van der Waals surface area contributed by atoms with Crippen molar-refractivity contribution in [1.29, 1.82) is 0 Å². The van der Waals surface area contributed by atoms with Gasteiger partial charge in [0.2, 0.25) is 10.0 Å². The fraction of sp³-hybridized carbons (Fsp3) is 0.312. The van der Waals surface area contributed by atoms with Gasteiger partial charge in [0.05, 0.1) is 10.6 Å². The molecule has 6 nitrogen and oxygen atoms in total. The molecule has 0 fully saturated rings. The van der Waals surface area contributed by atoms with E-state index in [1.165, 1.54) is 4.90 Å². The maximum atomic E-state index is 12.6. The van der Waals surface area contributed by atoms with Crippen LogP contribution in [0.2, 0.25) is 0 Å². The molecular formula is C16H19N3O3S. The van der Waals surface area contributed by atoms with Gasteiger partial charge in [-0.3, -0.25) is 4.79 Å². The molecule has 122 valence electrons. The minimum absolute atomic E-state index is 0.0724. The van der Waals surface area contributed by atoms with Crippen LogP contribution in [0, 0.1) is 0 Å². The Labute approximate surface area is 135 Å². The number of benzene rings is 2. The fourth-order valence-corrected chi connectivity index (χ4v) is 4.09. The van der Waals surface area contributed by atoms with Crippen LogP contribution in [0.25, 0.3) is 10.8 Å². The Morgan fingerprint density at radius 1 is 1.26 bits per heavy atom. The second kappa shape index (κ2) is 5.59. The molecular weight excluding hydrogens is 314 g/mol. The summed E-state index contributed by atoms with van der Waals surface area (Å²) < 4.78 is 27.7. The molecule has 1 unspecified atom stereocenters. The summed E-state index contributed by atoms with van der Waals surface area (Å²) in [7, 11) is -1.97. The van der Waals surface area contributed by atoms with E-state index in [1.807, 2.05) is 6.92 Å². The number of anilines is 1. The van der Waals surface area contributed by atoms with Crippen LogP contribution >= 0.6 is 0 Å². The van der Waals surface area contributed by atoms with E-state index in [4.69, 9.17) is 5.73 Å². The summed E-state index contributed by atoms with van der Waals surface area (Å²) in [6.07, 6.45) is 0.557. The number of sulfonamides is 1. The number of carbonyl (C=O) groups is 1. The lowest BCUT2D eigenvalue weighted by molar-refractivity contribution is 0.0999. The van der Waals surface area contributed by atoms with Gasteiger partial charge in [0.25, 0.3) is 5.91 Å². The van der Waals surface area contributed by atoms with Crippen LogP contribution in [0.4, 0.5) is 5.69 Å². The van der Waals surface area contributed by atoms with E-state index in [0.717, 1.165) is 5.69 Å². The van der Waals surface area contributed by atoms with Gasteiger partial charge in [0.1, 0.15) is 0 Å². The maximum absolute atomic E-state index is 12.6. The van der Waals surface area contributed by atoms with Crippen molar-refractivity contribution in [2.75, 3.05) is 18.5 Å². The predicted octanol–water partition coefficient (Wildman–Crippen LogP) is 1.45. The summed E-state index contributed by atoms with van der Waals surface area (Å²) in [5.41, 5.74) is 6.92. The van der Waals surface area contributed by atoms with Gasteiger partial charge < -0.3 is 10.6 Å². The van der Waals surface area contributed by atoms with Crippen molar-refractivity contribution in [3.63, 3.8) is 0 Å². The molecule has 3 N–H and O–H groups in total. The van der Waals surface area contributed by atoms with Crippen molar-refractivity contribution in [2.24, 2.45) is 5.73 Å². The Morgan fingerprint density at radius 3 is 2.70 bits per heavy atom. The number of carbonyl (C=O) groups excluding carboxylic acids is 1. The van der Waals surface area contributed by atoms with Crippen LogP contribution in [0.5, 0.6) is 0 Å². The Balaban J connectivity index is 2.09. The van der Waals surface area contributed by atoms with Gasteiger partial charge in [-0.25, -0.2) is 13.1 Å². The van der Waals surface area contributed by atoms with Crippen molar-refractivity contribution in [3.05, 3.63) is 35.9 Å². The van der Waals surface area contributed by atoms with Gasteiger partial charge >= 0.3 is 0 Å². The van der Waals surface area contributed by atoms with Crippen molar-refractivity contribution in [1.82, 2.24) is 4.72 Å². The van der Waals surface area contributed by atoms with E-state index in [-0.39, 0.29) is 23.4 Å². The van der Waals surface area contributed by atoms with E-state index in [2.05, 4.69) is 4.72 Å². The number of amides is 1. The van der Waals surface area contributed by atoms with E-state index >= 15 is 0 Å². The van der Waals surface area contributed by atoms with Gasteiger partial charge in [-0.15, -0.1) is 0 Å².